The highest BCUT2D eigenvalue weighted by molar-refractivity contribution is 5.80. The summed E-state index contributed by atoms with van der Waals surface area (Å²) in [6, 6.07) is -1.03. The standard InChI is InChI=1S/C69H123NO10/c1-4-7-10-13-16-19-22-25-27-28-29-30-31-32-33-34-35-36-37-39-42-45-48-51-54-57-64(74)80-67-66(76)65(75)63(58-71)79-69(67)78-59-60(61(72)55-52-49-46-43-40-24-21-18-15-12-9-6-3)70-68(77)62(73)56-53-50-47-44-41-38-26-23-20-17-14-11-8-5-2/h16-17,19-20,23,25-27,29-30,52,55,60-63,65-67,69,71-73,75-76H,4-15,18,21-22,24,28,31-51,53-54,56-59H2,1-3H3,(H,70,77)/b19-16-,20-17+,26-23+,27-25-,30-29-,55-52+. The Kier molecular flexibility index (Phi) is 53.1. The molecule has 1 aliphatic heterocycles. The Morgan fingerprint density at radius 1 is 0.500 bits per heavy atom. The molecule has 1 fully saturated rings. The molecule has 80 heavy (non-hydrogen) atoms. The van der Waals surface area contributed by atoms with Crippen LogP contribution in [-0.2, 0) is 23.8 Å². The van der Waals surface area contributed by atoms with Crippen molar-refractivity contribution in [2.45, 2.75) is 339 Å². The van der Waals surface area contributed by atoms with E-state index < -0.39 is 67.4 Å². The highest BCUT2D eigenvalue weighted by atomic mass is 16.7. The number of hydrogen-bond donors (Lipinski definition) is 6. The maximum absolute atomic E-state index is 13.4. The molecular formula is C69H123NO10. The minimum absolute atomic E-state index is 0.118. The monoisotopic (exact) mass is 1130 g/mol. The quantitative estimate of drug-likeness (QED) is 0.0149. The van der Waals surface area contributed by atoms with Crippen LogP contribution in [0, 0.1) is 0 Å². The summed E-state index contributed by atoms with van der Waals surface area (Å²) in [6.07, 6.45) is 62.2. The molecule has 0 bridgehead atoms. The molecule has 1 rings (SSSR count). The van der Waals surface area contributed by atoms with E-state index in [2.05, 4.69) is 86.8 Å². The van der Waals surface area contributed by atoms with Gasteiger partial charge in [-0.2, -0.15) is 0 Å². The average Bonchev–Trinajstić information content (AvgIpc) is 3.46. The van der Waals surface area contributed by atoms with E-state index in [1.807, 2.05) is 6.08 Å². The van der Waals surface area contributed by atoms with Crippen molar-refractivity contribution in [3.63, 3.8) is 0 Å². The van der Waals surface area contributed by atoms with E-state index in [-0.39, 0.29) is 19.4 Å². The molecule has 1 aliphatic rings. The third-order valence-electron chi connectivity index (χ3n) is 15.4. The smallest absolute Gasteiger partial charge is 0.306 e. The lowest BCUT2D eigenvalue weighted by Crippen LogP contribution is -2.61. The Balaban J connectivity index is 2.59. The zero-order valence-corrected chi connectivity index (χ0v) is 51.4. The number of nitrogens with one attached hydrogen (secondary N) is 1. The number of carbonyl (C=O) groups excluding carboxylic acids is 2. The molecule has 0 aliphatic carbocycles. The predicted molar refractivity (Wildman–Crippen MR) is 333 cm³/mol. The molecule has 0 aromatic rings. The normalized spacial score (nSPS) is 19.2. The Labute approximate surface area is 490 Å². The third-order valence-corrected chi connectivity index (χ3v) is 15.4. The van der Waals surface area contributed by atoms with Gasteiger partial charge in [0.1, 0.15) is 24.4 Å². The molecule has 1 saturated heterocycles. The van der Waals surface area contributed by atoms with Gasteiger partial charge in [0.2, 0.25) is 5.91 Å². The predicted octanol–water partition coefficient (Wildman–Crippen LogP) is 16.3. The van der Waals surface area contributed by atoms with Gasteiger partial charge in [0.25, 0.3) is 0 Å². The molecule has 8 unspecified atom stereocenters. The highest BCUT2D eigenvalue weighted by Gasteiger charge is 2.47. The SMILES string of the molecule is CCCCC/C=C\C/C=C\C/C=C\CCCCCCCCCCCCCCC(=O)OC1C(OCC(NC(=O)C(O)CCCCCCC/C=C/C=C/CCCCC)C(O)/C=C/CCCCCCCCCCCC)OC(CO)C(O)C1O. The second-order valence-corrected chi connectivity index (χ2v) is 22.9. The van der Waals surface area contributed by atoms with Gasteiger partial charge in [-0.25, -0.2) is 0 Å². The zero-order valence-electron chi connectivity index (χ0n) is 51.4. The van der Waals surface area contributed by atoms with Gasteiger partial charge in [-0.3, -0.25) is 9.59 Å². The topological polar surface area (TPSA) is 175 Å². The fourth-order valence-corrected chi connectivity index (χ4v) is 10.1. The van der Waals surface area contributed by atoms with Crippen LogP contribution in [0.25, 0.3) is 0 Å². The Bertz CT molecular complexity index is 1580. The first-order valence-electron chi connectivity index (χ1n) is 33.2. The van der Waals surface area contributed by atoms with Crippen LogP contribution in [0.2, 0.25) is 0 Å². The van der Waals surface area contributed by atoms with Crippen LogP contribution in [0.3, 0.4) is 0 Å². The minimum atomic E-state index is -1.62. The number of carbonyl (C=O) groups is 2. The van der Waals surface area contributed by atoms with Crippen molar-refractivity contribution >= 4 is 11.9 Å². The summed E-state index contributed by atoms with van der Waals surface area (Å²) >= 11 is 0. The second-order valence-electron chi connectivity index (χ2n) is 22.9. The van der Waals surface area contributed by atoms with Crippen molar-refractivity contribution in [2.24, 2.45) is 0 Å². The number of unbranched alkanes of at least 4 members (excludes halogenated alkanes) is 33. The number of aliphatic hydroxyl groups is 5. The van der Waals surface area contributed by atoms with Crippen molar-refractivity contribution in [1.29, 1.82) is 0 Å². The summed E-state index contributed by atoms with van der Waals surface area (Å²) < 4.78 is 17.6. The molecule has 6 N–H and O–H groups in total. The van der Waals surface area contributed by atoms with Crippen LogP contribution >= 0.6 is 0 Å². The summed E-state index contributed by atoms with van der Waals surface area (Å²) in [4.78, 5) is 26.6. The van der Waals surface area contributed by atoms with E-state index in [4.69, 9.17) is 14.2 Å². The number of allylic oxidation sites excluding steroid dienone is 11. The van der Waals surface area contributed by atoms with E-state index in [0.717, 1.165) is 89.9 Å². The van der Waals surface area contributed by atoms with Crippen molar-refractivity contribution in [3.8, 4) is 0 Å². The van der Waals surface area contributed by atoms with Gasteiger partial charge in [-0.05, 0) is 89.9 Å². The second kappa shape index (κ2) is 56.6. The molecule has 1 amide bonds. The van der Waals surface area contributed by atoms with Crippen molar-refractivity contribution in [2.75, 3.05) is 13.2 Å². The molecule has 8 atom stereocenters. The molecule has 11 nitrogen and oxygen atoms in total. The summed E-state index contributed by atoms with van der Waals surface area (Å²) in [5.74, 6) is -1.21. The maximum atomic E-state index is 13.4. The number of amides is 1. The number of esters is 1. The van der Waals surface area contributed by atoms with Crippen LogP contribution in [0.4, 0.5) is 0 Å². The molecule has 0 aromatic heterocycles. The molecule has 1 heterocycles. The van der Waals surface area contributed by atoms with Gasteiger partial charge >= 0.3 is 5.97 Å². The molecule has 464 valence electrons. The van der Waals surface area contributed by atoms with E-state index >= 15 is 0 Å². The molecular weight excluding hydrogens is 1000 g/mol. The van der Waals surface area contributed by atoms with Gasteiger partial charge in [-0.15, -0.1) is 0 Å². The first-order valence-corrected chi connectivity index (χ1v) is 33.2. The number of hydrogen-bond acceptors (Lipinski definition) is 10. The van der Waals surface area contributed by atoms with Gasteiger partial charge in [0, 0.05) is 6.42 Å². The fraction of sp³-hybridized carbons (Fsp3) is 0.797. The van der Waals surface area contributed by atoms with Gasteiger partial charge in [-0.1, -0.05) is 267 Å². The van der Waals surface area contributed by atoms with E-state index in [9.17, 15) is 35.1 Å². The van der Waals surface area contributed by atoms with E-state index in [1.165, 1.54) is 154 Å². The lowest BCUT2D eigenvalue weighted by Gasteiger charge is -2.41. The number of rotatable bonds is 56. The zero-order chi connectivity index (χ0) is 58.2. The Morgan fingerprint density at radius 2 is 0.900 bits per heavy atom. The summed E-state index contributed by atoms with van der Waals surface area (Å²) in [5, 5.41) is 57.0. The summed E-state index contributed by atoms with van der Waals surface area (Å²) in [7, 11) is 0. The minimum Gasteiger partial charge on any atom is -0.454 e. The van der Waals surface area contributed by atoms with Crippen molar-refractivity contribution in [1.82, 2.24) is 5.32 Å². The average molecular weight is 1130 g/mol. The molecule has 0 spiro atoms. The van der Waals surface area contributed by atoms with Crippen LogP contribution in [0.1, 0.15) is 290 Å². The van der Waals surface area contributed by atoms with Gasteiger partial charge in [0.05, 0.1) is 25.4 Å². The van der Waals surface area contributed by atoms with Crippen molar-refractivity contribution < 1.29 is 49.3 Å². The Morgan fingerprint density at radius 3 is 1.39 bits per heavy atom. The first-order chi connectivity index (χ1) is 39.2. The first kappa shape index (κ1) is 75.1. The summed E-state index contributed by atoms with van der Waals surface area (Å²) in [5.41, 5.74) is 0. The van der Waals surface area contributed by atoms with E-state index in [1.54, 1.807) is 6.08 Å². The molecule has 11 heteroatoms. The maximum Gasteiger partial charge on any atom is 0.306 e. The lowest BCUT2D eigenvalue weighted by molar-refractivity contribution is -0.305. The third kappa shape index (κ3) is 43.7. The van der Waals surface area contributed by atoms with Crippen LogP contribution in [0.15, 0.2) is 72.9 Å². The summed E-state index contributed by atoms with van der Waals surface area (Å²) in [6.45, 7) is 5.73. The van der Waals surface area contributed by atoms with Crippen LogP contribution in [-0.4, -0.2) is 99.6 Å². The Hall–Kier alpha value is -2.90. The van der Waals surface area contributed by atoms with E-state index in [0.29, 0.717) is 12.8 Å². The number of aliphatic hydroxyl groups excluding tert-OH is 5. The largest absolute Gasteiger partial charge is 0.454 e. The fourth-order valence-electron chi connectivity index (χ4n) is 10.1. The highest BCUT2D eigenvalue weighted by Crippen LogP contribution is 2.26. The van der Waals surface area contributed by atoms with Crippen LogP contribution < -0.4 is 5.32 Å². The molecule has 0 aromatic carbocycles. The van der Waals surface area contributed by atoms with Gasteiger partial charge < -0.3 is 45.1 Å². The molecule has 0 radical (unpaired) electrons. The number of ether oxygens (including phenoxy) is 3. The lowest BCUT2D eigenvalue weighted by atomic mass is 9.99. The molecule has 0 saturated carbocycles. The van der Waals surface area contributed by atoms with Crippen LogP contribution in [0.5, 0.6) is 0 Å². The van der Waals surface area contributed by atoms with Gasteiger partial charge in [0.15, 0.2) is 12.4 Å². The van der Waals surface area contributed by atoms with Crippen molar-refractivity contribution in [3.05, 3.63) is 72.9 Å².